The summed E-state index contributed by atoms with van der Waals surface area (Å²) >= 11 is 0. The van der Waals surface area contributed by atoms with Crippen LogP contribution in [0.3, 0.4) is 0 Å². The van der Waals surface area contributed by atoms with Crippen LogP contribution in [0.4, 0.5) is 4.39 Å². The molecule has 4 nitrogen and oxygen atoms in total. The van der Waals surface area contributed by atoms with E-state index in [2.05, 4.69) is 0 Å². The van der Waals surface area contributed by atoms with E-state index in [-0.39, 0.29) is 11.6 Å². The van der Waals surface area contributed by atoms with E-state index in [9.17, 15) is 9.18 Å². The van der Waals surface area contributed by atoms with Crippen LogP contribution in [0.2, 0.25) is 0 Å². The van der Waals surface area contributed by atoms with E-state index in [0.717, 1.165) is 17.4 Å². The Kier molecular flexibility index (Phi) is 4.03. The van der Waals surface area contributed by atoms with Crippen molar-refractivity contribution < 1.29 is 4.39 Å². The van der Waals surface area contributed by atoms with E-state index in [1.165, 1.54) is 0 Å². The SMILES string of the molecule is N[C@@H]1CCN(CCn2c(=O)ccc3ccccc32)C[C@@H]1F. The van der Waals surface area contributed by atoms with E-state index in [0.29, 0.717) is 26.1 Å². The van der Waals surface area contributed by atoms with Gasteiger partial charge in [-0.25, -0.2) is 4.39 Å². The van der Waals surface area contributed by atoms with Gasteiger partial charge in [0.1, 0.15) is 6.17 Å². The first kappa shape index (κ1) is 14.2. The number of hydrogen-bond donors (Lipinski definition) is 1. The third kappa shape index (κ3) is 2.99. The van der Waals surface area contributed by atoms with Crippen molar-refractivity contribution >= 4 is 10.9 Å². The molecule has 1 fully saturated rings. The predicted octanol–water partition coefficient (Wildman–Crippen LogP) is 1.37. The number of fused-ring (bicyclic) bond motifs is 1. The first-order valence-corrected chi connectivity index (χ1v) is 7.36. The zero-order valence-electron chi connectivity index (χ0n) is 11.9. The number of benzene rings is 1. The molecule has 2 N–H and O–H groups in total. The Bertz CT molecular complexity index is 685. The summed E-state index contributed by atoms with van der Waals surface area (Å²) in [7, 11) is 0. The van der Waals surface area contributed by atoms with Gasteiger partial charge in [-0.3, -0.25) is 9.69 Å². The van der Waals surface area contributed by atoms with Crippen molar-refractivity contribution in [3.05, 3.63) is 46.8 Å². The van der Waals surface area contributed by atoms with E-state index in [4.69, 9.17) is 5.73 Å². The topological polar surface area (TPSA) is 51.3 Å². The average molecular weight is 289 g/mol. The Hall–Kier alpha value is -1.72. The molecule has 1 saturated heterocycles. The molecule has 112 valence electrons. The largest absolute Gasteiger partial charge is 0.325 e. The lowest BCUT2D eigenvalue weighted by Crippen LogP contribution is -2.49. The summed E-state index contributed by atoms with van der Waals surface area (Å²) in [6, 6.07) is 10.9. The summed E-state index contributed by atoms with van der Waals surface area (Å²) < 4.78 is 15.4. The van der Waals surface area contributed by atoms with Crippen LogP contribution in [-0.2, 0) is 6.54 Å². The van der Waals surface area contributed by atoms with Gasteiger partial charge in [-0.05, 0) is 30.5 Å². The first-order valence-electron chi connectivity index (χ1n) is 7.36. The standard InChI is InChI=1S/C16H20FN3O/c17-13-11-19(8-7-14(13)18)9-10-20-15-4-2-1-3-12(15)5-6-16(20)21/h1-6,13-14H,7-11,18H2/t13-,14+/m0/s1. The lowest BCUT2D eigenvalue weighted by atomic mass is 10.0. The lowest BCUT2D eigenvalue weighted by Gasteiger charge is -2.32. The van der Waals surface area contributed by atoms with Gasteiger partial charge in [0.15, 0.2) is 0 Å². The molecular weight excluding hydrogens is 269 g/mol. The predicted molar refractivity (Wildman–Crippen MR) is 82.1 cm³/mol. The molecule has 1 aliphatic heterocycles. The second-order valence-corrected chi connectivity index (χ2v) is 5.65. The highest BCUT2D eigenvalue weighted by Crippen LogP contribution is 2.14. The molecule has 2 atom stereocenters. The number of nitrogens with zero attached hydrogens (tertiary/aromatic N) is 2. The quantitative estimate of drug-likeness (QED) is 0.928. The summed E-state index contributed by atoms with van der Waals surface area (Å²) in [5.41, 5.74) is 6.60. The monoisotopic (exact) mass is 289 g/mol. The number of pyridine rings is 1. The smallest absolute Gasteiger partial charge is 0.251 e. The highest BCUT2D eigenvalue weighted by Gasteiger charge is 2.25. The van der Waals surface area contributed by atoms with E-state index < -0.39 is 6.17 Å². The van der Waals surface area contributed by atoms with Crippen LogP contribution in [0.15, 0.2) is 41.2 Å². The van der Waals surface area contributed by atoms with Gasteiger partial charge < -0.3 is 10.3 Å². The minimum atomic E-state index is -0.969. The molecule has 2 heterocycles. The lowest BCUT2D eigenvalue weighted by molar-refractivity contribution is 0.116. The minimum absolute atomic E-state index is 0.0146. The van der Waals surface area contributed by atoms with Crippen LogP contribution in [0.1, 0.15) is 6.42 Å². The van der Waals surface area contributed by atoms with Crippen molar-refractivity contribution in [1.82, 2.24) is 9.47 Å². The summed E-state index contributed by atoms with van der Waals surface area (Å²) in [5, 5.41) is 1.04. The molecule has 5 heteroatoms. The van der Waals surface area contributed by atoms with Crippen molar-refractivity contribution in [2.75, 3.05) is 19.6 Å². The average Bonchev–Trinajstić information content (AvgIpc) is 2.50. The number of rotatable bonds is 3. The number of piperidine rings is 1. The second-order valence-electron chi connectivity index (χ2n) is 5.65. The van der Waals surface area contributed by atoms with Crippen LogP contribution in [0.25, 0.3) is 10.9 Å². The number of alkyl halides is 1. The van der Waals surface area contributed by atoms with E-state index in [1.54, 1.807) is 10.6 Å². The molecule has 0 aliphatic carbocycles. The zero-order chi connectivity index (χ0) is 14.8. The molecule has 0 amide bonds. The van der Waals surface area contributed by atoms with Crippen molar-refractivity contribution in [3.8, 4) is 0 Å². The Morgan fingerprint density at radius 3 is 2.81 bits per heavy atom. The van der Waals surface area contributed by atoms with Gasteiger partial charge in [-0.1, -0.05) is 18.2 Å². The maximum absolute atomic E-state index is 13.7. The van der Waals surface area contributed by atoms with Gasteiger partial charge in [0, 0.05) is 31.7 Å². The maximum atomic E-state index is 13.7. The summed E-state index contributed by atoms with van der Waals surface area (Å²) in [6.45, 7) is 2.39. The Morgan fingerprint density at radius 2 is 2.00 bits per heavy atom. The molecule has 0 saturated carbocycles. The number of para-hydroxylation sites is 1. The fourth-order valence-electron chi connectivity index (χ4n) is 2.91. The normalized spacial score (nSPS) is 23.5. The summed E-state index contributed by atoms with van der Waals surface area (Å²) in [6.07, 6.45) is -0.297. The third-order valence-corrected chi connectivity index (χ3v) is 4.21. The molecule has 2 aromatic rings. The van der Waals surface area contributed by atoms with Gasteiger partial charge in [-0.15, -0.1) is 0 Å². The molecular formula is C16H20FN3O. The van der Waals surface area contributed by atoms with Crippen LogP contribution in [-0.4, -0.2) is 41.3 Å². The van der Waals surface area contributed by atoms with Crippen molar-refractivity contribution in [1.29, 1.82) is 0 Å². The van der Waals surface area contributed by atoms with E-state index in [1.807, 2.05) is 35.2 Å². The Labute approximate surface area is 123 Å². The van der Waals surface area contributed by atoms with Gasteiger partial charge in [0.2, 0.25) is 0 Å². The maximum Gasteiger partial charge on any atom is 0.251 e. The van der Waals surface area contributed by atoms with Crippen molar-refractivity contribution in [2.24, 2.45) is 5.73 Å². The second kappa shape index (κ2) is 5.95. The van der Waals surface area contributed by atoms with E-state index >= 15 is 0 Å². The molecule has 0 spiro atoms. The number of likely N-dealkylation sites (tertiary alicyclic amines) is 1. The van der Waals surface area contributed by atoms with Crippen LogP contribution < -0.4 is 11.3 Å². The molecule has 0 bridgehead atoms. The molecule has 21 heavy (non-hydrogen) atoms. The van der Waals surface area contributed by atoms with Crippen LogP contribution >= 0.6 is 0 Å². The molecule has 3 rings (SSSR count). The number of halogens is 1. The molecule has 0 unspecified atom stereocenters. The molecule has 1 aliphatic rings. The van der Waals surface area contributed by atoms with Crippen molar-refractivity contribution in [3.63, 3.8) is 0 Å². The van der Waals surface area contributed by atoms with Gasteiger partial charge in [-0.2, -0.15) is 0 Å². The number of hydrogen-bond acceptors (Lipinski definition) is 3. The van der Waals surface area contributed by atoms with Crippen LogP contribution in [0.5, 0.6) is 0 Å². The highest BCUT2D eigenvalue weighted by atomic mass is 19.1. The Balaban J connectivity index is 1.76. The summed E-state index contributed by atoms with van der Waals surface area (Å²) in [4.78, 5) is 14.1. The van der Waals surface area contributed by atoms with Crippen molar-refractivity contribution in [2.45, 2.75) is 25.2 Å². The van der Waals surface area contributed by atoms with Gasteiger partial charge >= 0.3 is 0 Å². The number of nitrogens with two attached hydrogens (primary N) is 1. The molecule has 0 radical (unpaired) electrons. The molecule has 1 aromatic heterocycles. The molecule has 1 aromatic carbocycles. The van der Waals surface area contributed by atoms with Crippen LogP contribution in [0, 0.1) is 0 Å². The zero-order valence-corrected chi connectivity index (χ0v) is 11.9. The fourth-order valence-corrected chi connectivity index (χ4v) is 2.91. The number of aromatic nitrogens is 1. The summed E-state index contributed by atoms with van der Waals surface area (Å²) in [5.74, 6) is 0. The fraction of sp³-hybridized carbons (Fsp3) is 0.438. The highest BCUT2D eigenvalue weighted by molar-refractivity contribution is 5.78. The van der Waals surface area contributed by atoms with Gasteiger partial charge in [0.05, 0.1) is 5.52 Å². The first-order chi connectivity index (χ1) is 10.1. The van der Waals surface area contributed by atoms with Gasteiger partial charge in [0.25, 0.3) is 5.56 Å². The Morgan fingerprint density at radius 1 is 1.19 bits per heavy atom. The minimum Gasteiger partial charge on any atom is -0.325 e. The third-order valence-electron chi connectivity index (χ3n) is 4.21.